The Morgan fingerprint density at radius 3 is 2.68 bits per heavy atom. The van der Waals surface area contributed by atoms with Gasteiger partial charge in [0.25, 0.3) is 0 Å². The number of aromatic nitrogens is 2. The maximum Gasteiger partial charge on any atom is 0.246 e. The van der Waals surface area contributed by atoms with Crippen LogP contribution in [0.15, 0.2) is 28.8 Å². The lowest BCUT2D eigenvalue weighted by Gasteiger charge is -2.24. The summed E-state index contributed by atoms with van der Waals surface area (Å²) in [4.78, 5) is 17.9. The molecule has 1 aromatic carbocycles. The van der Waals surface area contributed by atoms with Gasteiger partial charge in [0, 0.05) is 25.1 Å². The SMILES string of the molecule is Cl.NCc1ccc(-c2noc(CN3CCCCC3=O)n2)cc1. The minimum Gasteiger partial charge on any atom is -0.337 e. The summed E-state index contributed by atoms with van der Waals surface area (Å²) < 4.78 is 5.25. The number of rotatable bonds is 4. The summed E-state index contributed by atoms with van der Waals surface area (Å²) >= 11 is 0. The second-order valence-corrected chi connectivity index (χ2v) is 5.19. The Hall–Kier alpha value is -1.92. The summed E-state index contributed by atoms with van der Waals surface area (Å²) in [6.07, 6.45) is 2.62. The lowest BCUT2D eigenvalue weighted by molar-refractivity contribution is -0.134. The van der Waals surface area contributed by atoms with Crippen LogP contribution in [0, 0.1) is 0 Å². The first-order valence-corrected chi connectivity index (χ1v) is 7.16. The summed E-state index contributed by atoms with van der Waals surface area (Å²) in [5.74, 6) is 1.18. The van der Waals surface area contributed by atoms with Gasteiger partial charge in [0.1, 0.15) is 0 Å². The van der Waals surface area contributed by atoms with Crippen molar-refractivity contribution in [2.45, 2.75) is 32.4 Å². The summed E-state index contributed by atoms with van der Waals surface area (Å²) in [6, 6.07) is 7.73. The fourth-order valence-electron chi connectivity index (χ4n) is 2.42. The lowest BCUT2D eigenvalue weighted by atomic mass is 10.1. The van der Waals surface area contributed by atoms with Crippen molar-refractivity contribution in [2.75, 3.05) is 6.54 Å². The van der Waals surface area contributed by atoms with Gasteiger partial charge in [-0.3, -0.25) is 4.79 Å². The minimum atomic E-state index is 0. The molecule has 0 radical (unpaired) electrons. The van der Waals surface area contributed by atoms with Crippen LogP contribution in [0.2, 0.25) is 0 Å². The number of carbonyl (C=O) groups excluding carboxylic acids is 1. The van der Waals surface area contributed by atoms with Gasteiger partial charge in [-0.1, -0.05) is 29.4 Å². The maximum atomic E-state index is 11.8. The zero-order valence-corrected chi connectivity index (χ0v) is 13.0. The first-order valence-electron chi connectivity index (χ1n) is 7.16. The van der Waals surface area contributed by atoms with Gasteiger partial charge in [-0.05, 0) is 18.4 Å². The number of carbonyl (C=O) groups is 1. The highest BCUT2D eigenvalue weighted by atomic mass is 35.5. The summed E-state index contributed by atoms with van der Waals surface area (Å²) in [6.45, 7) is 1.67. The summed E-state index contributed by atoms with van der Waals surface area (Å²) in [5.41, 5.74) is 7.51. The highest BCUT2D eigenvalue weighted by Crippen LogP contribution is 2.18. The van der Waals surface area contributed by atoms with E-state index in [9.17, 15) is 4.79 Å². The third-order valence-electron chi connectivity index (χ3n) is 3.66. The van der Waals surface area contributed by atoms with E-state index in [1.165, 1.54) is 0 Å². The Balaban J connectivity index is 0.00000176. The Morgan fingerprint density at radius 2 is 2.00 bits per heavy atom. The van der Waals surface area contributed by atoms with Crippen molar-refractivity contribution in [3.63, 3.8) is 0 Å². The fourth-order valence-corrected chi connectivity index (χ4v) is 2.42. The van der Waals surface area contributed by atoms with E-state index in [1.807, 2.05) is 24.3 Å². The standard InChI is InChI=1S/C15H18N4O2.ClH/c16-9-11-4-6-12(7-5-11)15-17-13(21-18-15)10-19-8-2-1-3-14(19)20;/h4-7H,1-3,8-10,16H2;1H. The second-order valence-electron chi connectivity index (χ2n) is 5.19. The van der Waals surface area contributed by atoms with Crippen molar-refractivity contribution in [2.24, 2.45) is 5.73 Å². The molecule has 0 spiro atoms. The number of likely N-dealkylation sites (tertiary alicyclic amines) is 1. The molecule has 7 heteroatoms. The minimum absolute atomic E-state index is 0. The van der Waals surface area contributed by atoms with Crippen molar-refractivity contribution in [3.8, 4) is 11.4 Å². The normalized spacial score (nSPS) is 14.8. The lowest BCUT2D eigenvalue weighted by Crippen LogP contribution is -2.34. The number of piperidine rings is 1. The van der Waals surface area contributed by atoms with E-state index in [4.69, 9.17) is 10.3 Å². The predicted octanol–water partition coefficient (Wildman–Crippen LogP) is 2.13. The Bertz CT molecular complexity index is 627. The highest BCUT2D eigenvalue weighted by Gasteiger charge is 2.20. The molecule has 0 saturated carbocycles. The van der Waals surface area contributed by atoms with Crippen LogP contribution < -0.4 is 5.73 Å². The van der Waals surface area contributed by atoms with Gasteiger partial charge in [-0.15, -0.1) is 12.4 Å². The molecule has 2 aromatic rings. The molecule has 3 rings (SSSR count). The Morgan fingerprint density at radius 1 is 1.23 bits per heavy atom. The van der Waals surface area contributed by atoms with E-state index < -0.39 is 0 Å². The van der Waals surface area contributed by atoms with Crippen LogP contribution in [0.1, 0.15) is 30.7 Å². The molecule has 2 heterocycles. The number of nitrogens with two attached hydrogens (primary N) is 1. The molecule has 1 aliphatic heterocycles. The molecule has 0 atom stereocenters. The summed E-state index contributed by atoms with van der Waals surface area (Å²) in [7, 11) is 0. The number of amides is 1. The Kier molecular flexibility index (Phi) is 5.51. The molecule has 0 unspecified atom stereocenters. The number of nitrogens with zero attached hydrogens (tertiary/aromatic N) is 3. The molecular formula is C15H19ClN4O2. The molecule has 1 aromatic heterocycles. The molecule has 2 N–H and O–H groups in total. The molecule has 6 nitrogen and oxygen atoms in total. The second kappa shape index (κ2) is 7.38. The van der Waals surface area contributed by atoms with Crippen LogP contribution in [0.4, 0.5) is 0 Å². The molecule has 1 aliphatic rings. The van der Waals surface area contributed by atoms with Crippen molar-refractivity contribution in [1.82, 2.24) is 15.0 Å². The van der Waals surface area contributed by atoms with E-state index in [0.717, 1.165) is 30.5 Å². The number of hydrogen-bond donors (Lipinski definition) is 1. The van der Waals surface area contributed by atoms with Crippen molar-refractivity contribution in [1.29, 1.82) is 0 Å². The quantitative estimate of drug-likeness (QED) is 0.932. The third-order valence-corrected chi connectivity index (χ3v) is 3.66. The van der Waals surface area contributed by atoms with Gasteiger partial charge < -0.3 is 15.2 Å². The molecule has 1 saturated heterocycles. The van der Waals surface area contributed by atoms with Crippen LogP contribution >= 0.6 is 12.4 Å². The molecule has 118 valence electrons. The van der Waals surface area contributed by atoms with Gasteiger partial charge in [-0.25, -0.2) is 0 Å². The largest absolute Gasteiger partial charge is 0.337 e. The molecule has 1 amide bonds. The van der Waals surface area contributed by atoms with Gasteiger partial charge in [0.2, 0.25) is 17.6 Å². The highest BCUT2D eigenvalue weighted by molar-refractivity contribution is 5.85. The van der Waals surface area contributed by atoms with E-state index in [2.05, 4.69) is 10.1 Å². The maximum absolute atomic E-state index is 11.8. The predicted molar refractivity (Wildman–Crippen MR) is 84.1 cm³/mol. The van der Waals surface area contributed by atoms with Gasteiger partial charge in [-0.2, -0.15) is 4.98 Å². The zero-order chi connectivity index (χ0) is 14.7. The van der Waals surface area contributed by atoms with E-state index in [1.54, 1.807) is 4.90 Å². The smallest absolute Gasteiger partial charge is 0.246 e. The average Bonchev–Trinajstić information content (AvgIpc) is 2.98. The van der Waals surface area contributed by atoms with E-state index in [-0.39, 0.29) is 18.3 Å². The molecular weight excluding hydrogens is 304 g/mol. The fraction of sp³-hybridized carbons (Fsp3) is 0.400. The van der Waals surface area contributed by atoms with Gasteiger partial charge in [0.15, 0.2) is 0 Å². The van der Waals surface area contributed by atoms with Crippen LogP contribution in [-0.2, 0) is 17.9 Å². The van der Waals surface area contributed by atoms with Crippen LogP contribution in [0.5, 0.6) is 0 Å². The molecule has 22 heavy (non-hydrogen) atoms. The van der Waals surface area contributed by atoms with Crippen molar-refractivity contribution in [3.05, 3.63) is 35.7 Å². The molecule has 0 bridgehead atoms. The molecule has 1 fully saturated rings. The first-order chi connectivity index (χ1) is 10.3. The topological polar surface area (TPSA) is 85.2 Å². The molecule has 0 aliphatic carbocycles. The number of benzene rings is 1. The average molecular weight is 323 g/mol. The third kappa shape index (κ3) is 3.64. The van der Waals surface area contributed by atoms with Crippen molar-refractivity contribution < 1.29 is 9.32 Å². The van der Waals surface area contributed by atoms with Crippen LogP contribution in [0.3, 0.4) is 0 Å². The van der Waals surface area contributed by atoms with E-state index >= 15 is 0 Å². The summed E-state index contributed by atoms with van der Waals surface area (Å²) in [5, 5.41) is 3.98. The number of halogens is 1. The van der Waals surface area contributed by atoms with Gasteiger partial charge in [0.05, 0.1) is 6.54 Å². The first kappa shape index (κ1) is 16.5. The number of hydrogen-bond acceptors (Lipinski definition) is 5. The van der Waals surface area contributed by atoms with Gasteiger partial charge >= 0.3 is 0 Å². The van der Waals surface area contributed by atoms with E-state index in [0.29, 0.717) is 31.2 Å². The zero-order valence-electron chi connectivity index (χ0n) is 12.2. The van der Waals surface area contributed by atoms with Crippen molar-refractivity contribution >= 4 is 18.3 Å². The van der Waals surface area contributed by atoms with Crippen LogP contribution in [0.25, 0.3) is 11.4 Å². The monoisotopic (exact) mass is 322 g/mol. The Labute approximate surface area is 135 Å². The van der Waals surface area contributed by atoms with Crippen LogP contribution in [-0.4, -0.2) is 27.5 Å².